The summed E-state index contributed by atoms with van der Waals surface area (Å²) in [5, 5.41) is 9.47. The molecule has 0 heterocycles. The maximum Gasteiger partial charge on any atom is 0.141 e. The molecule has 3 rings (SSSR count). The van der Waals surface area contributed by atoms with E-state index >= 15 is 0 Å². The van der Waals surface area contributed by atoms with Gasteiger partial charge < -0.3 is 5.11 Å². The Balaban J connectivity index is 2.11. The maximum atomic E-state index is 9.47. The van der Waals surface area contributed by atoms with E-state index in [9.17, 15) is 5.11 Å². The van der Waals surface area contributed by atoms with Crippen LogP contribution >= 0.6 is 0 Å². The summed E-state index contributed by atoms with van der Waals surface area (Å²) >= 11 is 0. The van der Waals surface area contributed by atoms with Gasteiger partial charge in [0.2, 0.25) is 0 Å². The summed E-state index contributed by atoms with van der Waals surface area (Å²) in [4.78, 5) is 1.17. The van der Waals surface area contributed by atoms with Crippen LogP contribution in [0.5, 0.6) is 5.75 Å². The van der Waals surface area contributed by atoms with Gasteiger partial charge in [-0.2, -0.15) is 0 Å². The van der Waals surface area contributed by atoms with E-state index in [-0.39, 0.29) is 5.75 Å². The molecule has 0 unspecified atom stereocenters. The van der Waals surface area contributed by atoms with Crippen LogP contribution in [0, 0.1) is 0 Å². The average Bonchev–Trinajstić information content (AvgIpc) is 2.52. The molecule has 0 aliphatic rings. The molecule has 0 saturated carbocycles. The molecular formula is C18H16NO+. The van der Waals surface area contributed by atoms with Gasteiger partial charge in [0, 0.05) is 12.1 Å². The summed E-state index contributed by atoms with van der Waals surface area (Å²) in [7, 11) is 0. The lowest BCUT2D eigenvalue weighted by Crippen LogP contribution is -2.96. The lowest BCUT2D eigenvalue weighted by atomic mass is 10.2. The van der Waals surface area contributed by atoms with E-state index in [4.69, 9.17) is 0 Å². The van der Waals surface area contributed by atoms with Crippen molar-refractivity contribution >= 4 is 17.1 Å². The number of hydrogen-bond acceptors (Lipinski definition) is 1. The molecule has 98 valence electrons. The van der Waals surface area contributed by atoms with Crippen molar-refractivity contribution in [2.75, 3.05) is 0 Å². The number of hydrogen-bond donors (Lipinski definition) is 2. The van der Waals surface area contributed by atoms with Crippen molar-refractivity contribution in [1.82, 2.24) is 0 Å². The Kier molecular flexibility index (Phi) is 3.48. The van der Waals surface area contributed by atoms with Crippen LogP contribution in [0.25, 0.3) is 0 Å². The first kappa shape index (κ1) is 12.5. The minimum Gasteiger partial charge on any atom is -0.508 e. The van der Waals surface area contributed by atoms with E-state index in [1.54, 1.807) is 12.1 Å². The fraction of sp³-hybridized carbons (Fsp3) is 0. The van der Waals surface area contributed by atoms with Crippen molar-refractivity contribution < 1.29 is 10.0 Å². The third-order valence-corrected chi connectivity index (χ3v) is 3.28. The lowest BCUT2D eigenvalue weighted by molar-refractivity contribution is -0.681. The van der Waals surface area contributed by atoms with Crippen molar-refractivity contribution in [3.8, 4) is 5.75 Å². The standard InChI is InChI=1S/C18H15NO/c20-18-13-11-17(12-14-18)19(15-7-3-1-4-8-15)16-9-5-2-6-10-16/h1-14,20H/p+1. The number of rotatable bonds is 3. The summed E-state index contributed by atoms with van der Waals surface area (Å²) < 4.78 is 0. The summed E-state index contributed by atoms with van der Waals surface area (Å²) in [5.41, 5.74) is 3.44. The number of quaternary nitrogens is 1. The Hall–Kier alpha value is -2.58. The second-order valence-corrected chi connectivity index (χ2v) is 4.65. The Morgan fingerprint density at radius 1 is 0.500 bits per heavy atom. The second-order valence-electron chi connectivity index (χ2n) is 4.65. The first-order chi connectivity index (χ1) is 9.84. The molecule has 0 fully saturated rings. The lowest BCUT2D eigenvalue weighted by Gasteiger charge is -2.18. The minimum atomic E-state index is 0.286. The third-order valence-electron chi connectivity index (χ3n) is 3.28. The van der Waals surface area contributed by atoms with Gasteiger partial charge in [-0.05, 0) is 36.4 Å². The van der Waals surface area contributed by atoms with Crippen LogP contribution in [0.2, 0.25) is 0 Å². The molecule has 0 bridgehead atoms. The number of aromatic hydroxyl groups is 1. The SMILES string of the molecule is Oc1ccc([NH+](c2ccccc2)c2ccccc2)cc1. The van der Waals surface area contributed by atoms with Gasteiger partial charge in [-0.15, -0.1) is 0 Å². The zero-order valence-corrected chi connectivity index (χ0v) is 11.0. The van der Waals surface area contributed by atoms with E-state index in [0.29, 0.717) is 0 Å². The highest BCUT2D eigenvalue weighted by Gasteiger charge is 2.17. The van der Waals surface area contributed by atoms with Gasteiger partial charge in [-0.1, -0.05) is 36.4 Å². The van der Waals surface area contributed by atoms with Gasteiger partial charge in [0.15, 0.2) is 0 Å². The predicted octanol–water partition coefficient (Wildman–Crippen LogP) is 3.57. The summed E-state index contributed by atoms with van der Waals surface area (Å²) in [6.45, 7) is 0. The second kappa shape index (κ2) is 5.59. The Morgan fingerprint density at radius 3 is 1.35 bits per heavy atom. The Morgan fingerprint density at radius 2 is 0.900 bits per heavy atom. The van der Waals surface area contributed by atoms with Gasteiger partial charge in [-0.3, -0.25) is 0 Å². The first-order valence-corrected chi connectivity index (χ1v) is 6.62. The fourth-order valence-electron chi connectivity index (χ4n) is 2.34. The number of phenols is 1. The molecule has 0 aliphatic carbocycles. The number of nitrogens with one attached hydrogen (secondary N) is 1. The molecule has 0 saturated heterocycles. The van der Waals surface area contributed by atoms with E-state index in [1.807, 2.05) is 48.5 Å². The molecule has 2 N–H and O–H groups in total. The van der Waals surface area contributed by atoms with Crippen molar-refractivity contribution in [2.24, 2.45) is 0 Å². The average molecular weight is 262 g/mol. The van der Waals surface area contributed by atoms with Crippen LogP contribution in [0.4, 0.5) is 17.1 Å². The molecule has 20 heavy (non-hydrogen) atoms. The van der Waals surface area contributed by atoms with Gasteiger partial charge in [-0.25, -0.2) is 4.90 Å². The van der Waals surface area contributed by atoms with E-state index < -0.39 is 0 Å². The minimum absolute atomic E-state index is 0.286. The highest BCUT2D eigenvalue weighted by atomic mass is 16.3. The third kappa shape index (κ3) is 2.56. The van der Waals surface area contributed by atoms with Gasteiger partial charge in [0.25, 0.3) is 0 Å². The van der Waals surface area contributed by atoms with Crippen molar-refractivity contribution in [2.45, 2.75) is 0 Å². The zero-order valence-electron chi connectivity index (χ0n) is 11.0. The quantitative estimate of drug-likeness (QED) is 0.693. The van der Waals surface area contributed by atoms with Gasteiger partial charge in [0.05, 0.1) is 0 Å². The van der Waals surface area contributed by atoms with Gasteiger partial charge >= 0.3 is 0 Å². The monoisotopic (exact) mass is 262 g/mol. The summed E-state index contributed by atoms with van der Waals surface area (Å²) in [6, 6.07) is 28.0. The van der Waals surface area contributed by atoms with Crippen LogP contribution in [0.1, 0.15) is 0 Å². The van der Waals surface area contributed by atoms with Crippen LogP contribution in [0.15, 0.2) is 84.9 Å². The van der Waals surface area contributed by atoms with E-state index in [1.165, 1.54) is 16.3 Å². The molecular weight excluding hydrogens is 246 g/mol. The molecule has 0 aliphatic heterocycles. The topological polar surface area (TPSA) is 24.7 Å². The highest BCUT2D eigenvalue weighted by molar-refractivity contribution is 5.46. The molecule has 0 amide bonds. The molecule has 3 aromatic carbocycles. The number of phenolic OH excluding ortho intramolecular Hbond substituents is 1. The van der Waals surface area contributed by atoms with E-state index in [2.05, 4.69) is 24.3 Å². The normalized spacial score (nSPS) is 10.7. The molecule has 0 atom stereocenters. The number of para-hydroxylation sites is 2. The summed E-state index contributed by atoms with van der Waals surface area (Å²) in [6.07, 6.45) is 0. The Bertz CT molecular complexity index is 623. The van der Waals surface area contributed by atoms with E-state index in [0.717, 1.165) is 5.69 Å². The van der Waals surface area contributed by atoms with Crippen LogP contribution in [0.3, 0.4) is 0 Å². The molecule has 0 spiro atoms. The number of benzene rings is 3. The van der Waals surface area contributed by atoms with Crippen molar-refractivity contribution in [3.05, 3.63) is 84.9 Å². The van der Waals surface area contributed by atoms with Crippen molar-refractivity contribution in [1.29, 1.82) is 0 Å². The van der Waals surface area contributed by atoms with Crippen LogP contribution in [-0.4, -0.2) is 5.11 Å². The molecule has 0 aromatic heterocycles. The van der Waals surface area contributed by atoms with Crippen LogP contribution < -0.4 is 4.90 Å². The van der Waals surface area contributed by atoms with Crippen molar-refractivity contribution in [3.63, 3.8) is 0 Å². The molecule has 2 nitrogen and oxygen atoms in total. The largest absolute Gasteiger partial charge is 0.508 e. The molecule has 2 heteroatoms. The zero-order chi connectivity index (χ0) is 13.8. The first-order valence-electron chi connectivity index (χ1n) is 6.62. The predicted molar refractivity (Wildman–Crippen MR) is 80.9 cm³/mol. The molecule has 0 radical (unpaired) electrons. The maximum absolute atomic E-state index is 9.47. The summed E-state index contributed by atoms with van der Waals surface area (Å²) in [5.74, 6) is 0.286. The highest BCUT2D eigenvalue weighted by Crippen LogP contribution is 2.17. The van der Waals surface area contributed by atoms with Gasteiger partial charge in [0.1, 0.15) is 22.8 Å². The van der Waals surface area contributed by atoms with Crippen LogP contribution in [-0.2, 0) is 0 Å². The fourth-order valence-corrected chi connectivity index (χ4v) is 2.34. The Labute approximate surface area is 118 Å². The molecule has 3 aromatic rings. The smallest absolute Gasteiger partial charge is 0.141 e.